The average molecular weight is 342 g/mol. The number of fused-ring (bicyclic) bond motifs is 3. The van der Waals surface area contributed by atoms with E-state index in [0.717, 1.165) is 55.0 Å². The Morgan fingerprint density at radius 1 is 1.28 bits per heavy atom. The monoisotopic (exact) mass is 342 g/mol. The number of rotatable bonds is 5. The van der Waals surface area contributed by atoms with E-state index in [-0.39, 0.29) is 12.5 Å². The molecule has 1 saturated heterocycles. The quantitative estimate of drug-likeness (QED) is 0.877. The van der Waals surface area contributed by atoms with Crippen LogP contribution in [0.3, 0.4) is 0 Å². The number of carbonyl (C=O) groups excluding carboxylic acids is 1. The Balaban J connectivity index is 1.33. The molecule has 1 aliphatic carbocycles. The molecule has 0 bridgehead atoms. The average Bonchev–Trinajstić information content (AvgIpc) is 3.03. The molecular formula is C20H26N2O3. The van der Waals surface area contributed by atoms with Gasteiger partial charge in [-0.2, -0.15) is 0 Å². The van der Waals surface area contributed by atoms with E-state index in [1.807, 2.05) is 18.2 Å². The van der Waals surface area contributed by atoms with Crippen molar-refractivity contribution in [1.29, 1.82) is 0 Å². The highest BCUT2D eigenvalue weighted by molar-refractivity contribution is 5.84. The van der Waals surface area contributed by atoms with Crippen molar-refractivity contribution in [3.05, 3.63) is 29.5 Å². The van der Waals surface area contributed by atoms with E-state index in [4.69, 9.17) is 9.15 Å². The lowest BCUT2D eigenvalue weighted by molar-refractivity contribution is -0.123. The van der Waals surface area contributed by atoms with Gasteiger partial charge in [-0.1, -0.05) is 0 Å². The standard InChI is InChI=1S/C20H26N2O3/c23-20(22-12-14-4-3-9-21-11-14)13-24-15-7-8-19-17(10-15)16-5-1-2-6-18(16)25-19/h7-8,10,14,21H,1-6,9,11-13H2,(H,22,23)/t14-/m0/s1. The van der Waals surface area contributed by atoms with Crippen LogP contribution in [0.4, 0.5) is 0 Å². The van der Waals surface area contributed by atoms with E-state index < -0.39 is 0 Å². The lowest BCUT2D eigenvalue weighted by Crippen LogP contribution is -2.39. The van der Waals surface area contributed by atoms with E-state index >= 15 is 0 Å². The molecule has 25 heavy (non-hydrogen) atoms. The predicted molar refractivity (Wildman–Crippen MR) is 97.0 cm³/mol. The van der Waals surface area contributed by atoms with Crippen LogP contribution in [0.2, 0.25) is 0 Å². The molecule has 0 unspecified atom stereocenters. The number of hydrogen-bond acceptors (Lipinski definition) is 4. The predicted octanol–water partition coefficient (Wildman–Crippen LogP) is 2.81. The van der Waals surface area contributed by atoms with E-state index in [9.17, 15) is 4.79 Å². The molecular weight excluding hydrogens is 316 g/mol. The molecule has 1 amide bonds. The maximum Gasteiger partial charge on any atom is 0.257 e. The largest absolute Gasteiger partial charge is 0.484 e. The minimum atomic E-state index is -0.0557. The highest BCUT2D eigenvalue weighted by atomic mass is 16.5. The first-order valence-electron chi connectivity index (χ1n) is 9.44. The molecule has 134 valence electrons. The number of nitrogens with one attached hydrogen (secondary N) is 2. The van der Waals surface area contributed by atoms with Crippen LogP contribution in [0.5, 0.6) is 5.75 Å². The Hall–Kier alpha value is -2.01. The van der Waals surface area contributed by atoms with Crippen LogP contribution in [0.25, 0.3) is 11.0 Å². The van der Waals surface area contributed by atoms with Crippen LogP contribution in [-0.2, 0) is 17.6 Å². The molecule has 2 N–H and O–H groups in total. The van der Waals surface area contributed by atoms with Crippen molar-refractivity contribution in [3.8, 4) is 5.75 Å². The van der Waals surface area contributed by atoms with Gasteiger partial charge in [0, 0.05) is 23.9 Å². The van der Waals surface area contributed by atoms with Crippen molar-refractivity contribution in [2.75, 3.05) is 26.2 Å². The summed E-state index contributed by atoms with van der Waals surface area (Å²) in [4.78, 5) is 12.0. The second-order valence-electron chi connectivity index (χ2n) is 7.17. The molecule has 0 radical (unpaired) electrons. The smallest absolute Gasteiger partial charge is 0.257 e. The van der Waals surface area contributed by atoms with Crippen molar-refractivity contribution in [2.45, 2.75) is 38.5 Å². The third-order valence-corrected chi connectivity index (χ3v) is 5.28. The first-order valence-corrected chi connectivity index (χ1v) is 9.44. The topological polar surface area (TPSA) is 63.5 Å². The van der Waals surface area contributed by atoms with Gasteiger partial charge < -0.3 is 19.8 Å². The first-order chi connectivity index (χ1) is 12.3. The summed E-state index contributed by atoms with van der Waals surface area (Å²) in [7, 11) is 0. The number of hydrogen-bond donors (Lipinski definition) is 2. The summed E-state index contributed by atoms with van der Waals surface area (Å²) in [5, 5.41) is 7.49. The van der Waals surface area contributed by atoms with Crippen LogP contribution in [-0.4, -0.2) is 32.1 Å². The van der Waals surface area contributed by atoms with Crippen LogP contribution < -0.4 is 15.4 Å². The van der Waals surface area contributed by atoms with Gasteiger partial charge in [0.1, 0.15) is 17.1 Å². The van der Waals surface area contributed by atoms with Gasteiger partial charge in [0.05, 0.1) is 0 Å². The van der Waals surface area contributed by atoms with E-state index in [1.165, 1.54) is 31.2 Å². The molecule has 2 aliphatic rings. The number of aryl methyl sites for hydroxylation is 2. The van der Waals surface area contributed by atoms with Crippen LogP contribution in [0, 0.1) is 5.92 Å². The van der Waals surface area contributed by atoms with E-state index in [1.54, 1.807) is 0 Å². The number of amides is 1. The zero-order valence-electron chi connectivity index (χ0n) is 14.6. The van der Waals surface area contributed by atoms with Gasteiger partial charge in [0.2, 0.25) is 0 Å². The number of benzene rings is 1. The summed E-state index contributed by atoms with van der Waals surface area (Å²) in [5.41, 5.74) is 2.24. The number of piperidine rings is 1. The minimum absolute atomic E-state index is 0.0557. The Morgan fingerprint density at radius 2 is 2.20 bits per heavy atom. The zero-order chi connectivity index (χ0) is 17.1. The molecule has 2 aromatic rings. The Labute approximate surface area is 148 Å². The second-order valence-corrected chi connectivity index (χ2v) is 7.17. The van der Waals surface area contributed by atoms with Gasteiger partial charge in [0.15, 0.2) is 6.61 Å². The van der Waals surface area contributed by atoms with Crippen LogP contribution in [0.15, 0.2) is 22.6 Å². The highest BCUT2D eigenvalue weighted by Gasteiger charge is 2.18. The fourth-order valence-electron chi connectivity index (χ4n) is 3.89. The summed E-state index contributed by atoms with van der Waals surface area (Å²) in [6.07, 6.45) is 6.88. The van der Waals surface area contributed by atoms with Gasteiger partial charge in [0.25, 0.3) is 5.91 Å². The zero-order valence-corrected chi connectivity index (χ0v) is 14.6. The summed E-state index contributed by atoms with van der Waals surface area (Å²) in [6.45, 7) is 2.87. The highest BCUT2D eigenvalue weighted by Crippen LogP contribution is 2.33. The van der Waals surface area contributed by atoms with Gasteiger partial charge >= 0.3 is 0 Å². The molecule has 0 spiro atoms. The molecule has 1 aliphatic heterocycles. The first kappa shape index (κ1) is 16.5. The van der Waals surface area contributed by atoms with Gasteiger partial charge in [-0.3, -0.25) is 4.79 Å². The van der Waals surface area contributed by atoms with Crippen molar-refractivity contribution in [1.82, 2.24) is 10.6 Å². The van der Waals surface area contributed by atoms with Crippen LogP contribution >= 0.6 is 0 Å². The fraction of sp³-hybridized carbons (Fsp3) is 0.550. The SMILES string of the molecule is O=C(COc1ccc2oc3c(c2c1)CCCC3)NC[C@H]1CCCNC1. The molecule has 2 heterocycles. The summed E-state index contributed by atoms with van der Waals surface area (Å²) in [5.74, 6) is 2.33. The maximum atomic E-state index is 12.0. The molecule has 5 nitrogen and oxygen atoms in total. The molecule has 1 atom stereocenters. The Morgan fingerprint density at radius 3 is 3.08 bits per heavy atom. The third kappa shape index (κ3) is 3.82. The molecule has 0 saturated carbocycles. The fourth-order valence-corrected chi connectivity index (χ4v) is 3.89. The molecule has 1 fully saturated rings. The normalized spacial score (nSPS) is 20.2. The molecule has 4 rings (SSSR count). The number of ether oxygens (including phenoxy) is 1. The van der Waals surface area contributed by atoms with E-state index in [2.05, 4.69) is 10.6 Å². The van der Waals surface area contributed by atoms with Crippen molar-refractivity contribution < 1.29 is 13.9 Å². The minimum Gasteiger partial charge on any atom is -0.484 e. The summed E-state index contributed by atoms with van der Waals surface area (Å²) < 4.78 is 11.6. The summed E-state index contributed by atoms with van der Waals surface area (Å²) in [6, 6.07) is 5.85. The Kier molecular flexibility index (Phi) is 4.92. The maximum absolute atomic E-state index is 12.0. The van der Waals surface area contributed by atoms with Crippen molar-refractivity contribution >= 4 is 16.9 Å². The molecule has 1 aromatic heterocycles. The van der Waals surface area contributed by atoms with E-state index in [0.29, 0.717) is 5.92 Å². The molecule has 5 heteroatoms. The van der Waals surface area contributed by atoms with Crippen molar-refractivity contribution in [3.63, 3.8) is 0 Å². The lowest BCUT2D eigenvalue weighted by atomic mass is 9.96. The number of furan rings is 1. The van der Waals surface area contributed by atoms with Gasteiger partial charge in [-0.05, 0) is 69.3 Å². The van der Waals surface area contributed by atoms with Gasteiger partial charge in [-0.25, -0.2) is 0 Å². The summed E-state index contributed by atoms with van der Waals surface area (Å²) >= 11 is 0. The lowest BCUT2D eigenvalue weighted by Gasteiger charge is -2.22. The third-order valence-electron chi connectivity index (χ3n) is 5.28. The van der Waals surface area contributed by atoms with Crippen molar-refractivity contribution in [2.24, 2.45) is 5.92 Å². The Bertz CT molecular complexity index is 747. The molecule has 1 aromatic carbocycles. The van der Waals surface area contributed by atoms with Gasteiger partial charge in [-0.15, -0.1) is 0 Å². The second kappa shape index (κ2) is 7.48. The number of carbonyl (C=O) groups is 1. The van der Waals surface area contributed by atoms with Crippen LogP contribution in [0.1, 0.15) is 37.0 Å².